The summed E-state index contributed by atoms with van der Waals surface area (Å²) in [5.41, 5.74) is 0.488. The van der Waals surface area contributed by atoms with Crippen LogP contribution >= 0.6 is 0 Å². The molecule has 0 radical (unpaired) electrons. The quantitative estimate of drug-likeness (QED) is 0.596. The summed E-state index contributed by atoms with van der Waals surface area (Å²) >= 11 is 0. The van der Waals surface area contributed by atoms with E-state index in [9.17, 15) is 14.4 Å². The zero-order valence-electron chi connectivity index (χ0n) is 22.9. The van der Waals surface area contributed by atoms with Gasteiger partial charge in [0.05, 0.1) is 30.4 Å². The monoisotopic (exact) mass is 542 g/mol. The number of ether oxygens (including phenoxy) is 3. The summed E-state index contributed by atoms with van der Waals surface area (Å²) in [4.78, 5) is 44.0. The molecule has 0 spiro atoms. The van der Waals surface area contributed by atoms with E-state index in [1.165, 1.54) is 26.4 Å². The van der Waals surface area contributed by atoms with Crippen molar-refractivity contribution in [1.82, 2.24) is 20.4 Å². The number of methoxy groups -OCH3 is 1. The van der Waals surface area contributed by atoms with Crippen molar-refractivity contribution in [2.45, 2.75) is 81.7 Å². The third-order valence-corrected chi connectivity index (χ3v) is 8.60. The minimum atomic E-state index is -0.620. The molecule has 3 aliphatic heterocycles. The fraction of sp³-hybridized carbons (Fsp3) is 0.690. The summed E-state index contributed by atoms with van der Waals surface area (Å²) in [7, 11) is 1.49. The number of rotatable bonds is 4. The van der Waals surface area contributed by atoms with Gasteiger partial charge in [-0.2, -0.15) is 0 Å². The van der Waals surface area contributed by atoms with Gasteiger partial charge in [-0.25, -0.2) is 0 Å². The molecule has 0 unspecified atom stereocenters. The Morgan fingerprint density at radius 1 is 1.08 bits per heavy atom. The number of nitrogens with one attached hydrogen (secondary N) is 2. The molecule has 1 aliphatic carbocycles. The maximum Gasteiger partial charge on any atom is 0.258 e. The molecule has 10 nitrogen and oxygen atoms in total. The van der Waals surface area contributed by atoms with E-state index in [-0.39, 0.29) is 49.1 Å². The molecule has 3 amide bonds. The highest BCUT2D eigenvalue weighted by Crippen LogP contribution is 2.28. The van der Waals surface area contributed by atoms with Crippen molar-refractivity contribution in [1.29, 1.82) is 0 Å². The van der Waals surface area contributed by atoms with Gasteiger partial charge in [0.15, 0.2) is 0 Å². The molecule has 2 N–H and O–H groups in total. The number of nitrogens with zero attached hydrogens (tertiary/aromatic N) is 2. The van der Waals surface area contributed by atoms with Crippen LogP contribution in [-0.4, -0.2) is 104 Å². The van der Waals surface area contributed by atoms with E-state index >= 15 is 0 Å². The SMILES string of the molecule is COCC(=O)N[C@@H]1CC[C@H]2CCOc3ccccc3C(=O)N3CCN(C4CCCCC4)C[C@H]3C(=O)NC[C@H]1O2. The molecule has 10 heteroatoms. The molecule has 1 saturated carbocycles. The van der Waals surface area contributed by atoms with Crippen LogP contribution in [0.1, 0.15) is 61.7 Å². The van der Waals surface area contributed by atoms with Crippen LogP contribution in [0.4, 0.5) is 0 Å². The highest BCUT2D eigenvalue weighted by molar-refractivity contribution is 6.00. The number of para-hydroxylation sites is 1. The van der Waals surface area contributed by atoms with E-state index in [0.29, 0.717) is 43.5 Å². The van der Waals surface area contributed by atoms with Crippen LogP contribution in [0, 0.1) is 0 Å². The largest absolute Gasteiger partial charge is 0.493 e. The second-order valence-electron chi connectivity index (χ2n) is 11.2. The average Bonchev–Trinajstić information content (AvgIpc) is 2.96. The van der Waals surface area contributed by atoms with Crippen LogP contribution in [0.5, 0.6) is 5.75 Å². The van der Waals surface area contributed by atoms with Crippen molar-refractivity contribution < 1.29 is 28.6 Å². The third-order valence-electron chi connectivity index (χ3n) is 8.60. The van der Waals surface area contributed by atoms with Gasteiger partial charge in [-0.3, -0.25) is 19.3 Å². The van der Waals surface area contributed by atoms with E-state index in [4.69, 9.17) is 14.2 Å². The molecule has 1 aromatic carbocycles. The normalized spacial score (nSPS) is 29.3. The third kappa shape index (κ3) is 6.73. The summed E-state index contributed by atoms with van der Waals surface area (Å²) in [5, 5.41) is 6.10. The number of carbonyl (C=O) groups is 3. The summed E-state index contributed by atoms with van der Waals surface area (Å²) in [6, 6.07) is 6.90. The molecule has 3 heterocycles. The molecule has 2 saturated heterocycles. The van der Waals surface area contributed by atoms with Gasteiger partial charge in [0.1, 0.15) is 18.4 Å². The number of carbonyl (C=O) groups excluding carboxylic acids is 3. The molecule has 4 atom stereocenters. The fourth-order valence-electron chi connectivity index (χ4n) is 6.50. The Kier molecular flexibility index (Phi) is 9.36. The molecular weight excluding hydrogens is 500 g/mol. The lowest BCUT2D eigenvalue weighted by Gasteiger charge is -2.45. The van der Waals surface area contributed by atoms with Gasteiger partial charge < -0.3 is 29.7 Å². The molecule has 5 rings (SSSR count). The Bertz CT molecular complexity index is 1020. The molecule has 1 aromatic rings. The van der Waals surface area contributed by atoms with Gasteiger partial charge in [0, 0.05) is 45.8 Å². The average molecular weight is 543 g/mol. The van der Waals surface area contributed by atoms with Gasteiger partial charge in [-0.05, 0) is 37.8 Å². The number of benzene rings is 1. The minimum Gasteiger partial charge on any atom is -0.493 e. The second-order valence-corrected chi connectivity index (χ2v) is 11.2. The van der Waals surface area contributed by atoms with E-state index in [1.807, 2.05) is 18.2 Å². The Hall–Kier alpha value is -2.69. The second kappa shape index (κ2) is 13.1. The number of piperazine rings is 1. The van der Waals surface area contributed by atoms with Crippen LogP contribution < -0.4 is 15.4 Å². The van der Waals surface area contributed by atoms with Crippen LogP contribution in [-0.2, 0) is 19.1 Å². The van der Waals surface area contributed by atoms with Crippen LogP contribution in [0.2, 0.25) is 0 Å². The highest BCUT2D eigenvalue weighted by Gasteiger charge is 2.40. The lowest BCUT2D eigenvalue weighted by Crippen LogP contribution is -2.63. The Balaban J connectivity index is 1.39. The predicted octanol–water partition coefficient (Wildman–Crippen LogP) is 1.72. The smallest absolute Gasteiger partial charge is 0.258 e. The number of hydrogen-bond donors (Lipinski definition) is 2. The van der Waals surface area contributed by atoms with E-state index in [1.54, 1.807) is 11.0 Å². The lowest BCUT2D eigenvalue weighted by molar-refractivity contribution is -0.132. The Labute approximate surface area is 230 Å². The van der Waals surface area contributed by atoms with Crippen LogP contribution in [0.3, 0.4) is 0 Å². The topological polar surface area (TPSA) is 109 Å². The highest BCUT2D eigenvalue weighted by atomic mass is 16.5. The van der Waals surface area contributed by atoms with Gasteiger partial charge in [-0.15, -0.1) is 0 Å². The molecule has 2 bridgehead atoms. The molecule has 3 fully saturated rings. The first kappa shape index (κ1) is 27.9. The van der Waals surface area contributed by atoms with Gasteiger partial charge in [-0.1, -0.05) is 31.4 Å². The first-order valence-electron chi connectivity index (χ1n) is 14.5. The summed E-state index contributed by atoms with van der Waals surface area (Å²) < 4.78 is 17.5. The molecule has 4 aliphatic rings. The van der Waals surface area contributed by atoms with Gasteiger partial charge in [0.2, 0.25) is 11.8 Å². The minimum absolute atomic E-state index is 0.0254. The summed E-state index contributed by atoms with van der Waals surface area (Å²) in [5.74, 6) is -0.0350. The Morgan fingerprint density at radius 3 is 2.72 bits per heavy atom. The van der Waals surface area contributed by atoms with Crippen molar-refractivity contribution in [2.24, 2.45) is 0 Å². The number of hydrogen-bond acceptors (Lipinski definition) is 7. The maximum absolute atomic E-state index is 13.9. The fourth-order valence-corrected chi connectivity index (χ4v) is 6.50. The van der Waals surface area contributed by atoms with Crippen molar-refractivity contribution in [3.8, 4) is 5.75 Å². The number of amides is 3. The first-order chi connectivity index (χ1) is 19.0. The Morgan fingerprint density at radius 2 is 1.90 bits per heavy atom. The van der Waals surface area contributed by atoms with Gasteiger partial charge >= 0.3 is 0 Å². The molecular formula is C29H42N4O6. The van der Waals surface area contributed by atoms with E-state index in [0.717, 1.165) is 32.2 Å². The van der Waals surface area contributed by atoms with Crippen molar-refractivity contribution in [3.05, 3.63) is 29.8 Å². The lowest BCUT2D eigenvalue weighted by atomic mass is 9.93. The predicted molar refractivity (Wildman–Crippen MR) is 145 cm³/mol. The van der Waals surface area contributed by atoms with E-state index < -0.39 is 6.04 Å². The summed E-state index contributed by atoms with van der Waals surface area (Å²) in [6.45, 7) is 2.39. The standard InChI is InChI=1S/C29H42N4O6/c1-37-19-27(34)31-23-12-11-21-13-16-38-25-10-6-5-9-22(25)29(36)33-15-14-32(20-7-3-2-4-8-20)18-24(33)28(35)30-17-26(23)39-21/h5-6,9-10,20-21,23-24,26H,2-4,7-8,11-19H2,1H3,(H,30,35)(H,31,34)/t21-,23+,24-,26+/m0/s1. The van der Waals surface area contributed by atoms with Crippen LogP contribution in [0.15, 0.2) is 24.3 Å². The zero-order valence-corrected chi connectivity index (χ0v) is 22.9. The molecule has 0 aromatic heterocycles. The van der Waals surface area contributed by atoms with Crippen molar-refractivity contribution in [2.75, 3.05) is 46.5 Å². The van der Waals surface area contributed by atoms with Crippen LogP contribution in [0.25, 0.3) is 0 Å². The maximum atomic E-state index is 13.9. The first-order valence-corrected chi connectivity index (χ1v) is 14.5. The van der Waals surface area contributed by atoms with E-state index in [2.05, 4.69) is 15.5 Å². The zero-order chi connectivity index (χ0) is 27.2. The number of fused-ring (bicyclic) bond motifs is 4. The molecule has 214 valence electrons. The molecule has 39 heavy (non-hydrogen) atoms. The van der Waals surface area contributed by atoms with Gasteiger partial charge in [0.25, 0.3) is 5.91 Å². The summed E-state index contributed by atoms with van der Waals surface area (Å²) in [6.07, 6.45) is 7.66. The van der Waals surface area contributed by atoms with Crippen molar-refractivity contribution in [3.63, 3.8) is 0 Å². The van der Waals surface area contributed by atoms with Crippen molar-refractivity contribution >= 4 is 17.7 Å².